The van der Waals surface area contributed by atoms with E-state index in [0.29, 0.717) is 45.9 Å². The van der Waals surface area contributed by atoms with Crippen molar-refractivity contribution in [2.24, 2.45) is 0 Å². The summed E-state index contributed by atoms with van der Waals surface area (Å²) >= 11 is 9.25. The summed E-state index contributed by atoms with van der Waals surface area (Å²) in [6, 6.07) is 24.7. The molecule has 0 radical (unpaired) electrons. The first-order valence-electron chi connectivity index (χ1n) is 13.3. The summed E-state index contributed by atoms with van der Waals surface area (Å²) < 4.78 is 4.31. The molecule has 0 saturated carbocycles. The van der Waals surface area contributed by atoms with E-state index in [0.717, 1.165) is 58.1 Å². The van der Waals surface area contributed by atoms with Crippen LogP contribution in [-0.2, 0) is 19.5 Å². The Morgan fingerprint density at radius 3 is 1.11 bits per heavy atom. The maximum atomic E-state index is 5.05. The number of halogens is 4. The maximum absolute atomic E-state index is 5.05. The Balaban J connectivity index is 0.00000300. The summed E-state index contributed by atoms with van der Waals surface area (Å²) in [7, 11) is 0. The Morgan fingerprint density at radius 1 is 0.356 bits per heavy atom. The second kappa shape index (κ2) is 11.5. The Labute approximate surface area is 322 Å². The molecule has 4 aromatic carbocycles. The number of aromatic nitrogens is 8. The van der Waals surface area contributed by atoms with Crippen LogP contribution in [0.1, 0.15) is 0 Å². The van der Waals surface area contributed by atoms with E-state index in [-0.39, 0.29) is 19.5 Å². The molecule has 7 aromatic rings. The molecule has 0 unspecified atom stereocenters. The first-order valence-corrected chi connectivity index (χ1v) is 17.6. The second-order valence-electron chi connectivity index (χ2n) is 10.2. The molecule has 2 aliphatic rings. The smallest absolute Gasteiger partial charge is 0.357 e. The van der Waals surface area contributed by atoms with Crippen LogP contribution in [0.3, 0.4) is 0 Å². The van der Waals surface area contributed by atoms with E-state index in [1.165, 1.54) is 0 Å². The monoisotopic (exact) mass is 1080 g/mol. The normalized spacial score (nSPS) is 11.8. The molecule has 0 atom stereocenters. The van der Waals surface area contributed by atoms with Gasteiger partial charge in [-0.25, -0.2) is 9.97 Å². The zero-order valence-electron chi connectivity index (χ0n) is 22.7. The summed E-state index contributed by atoms with van der Waals surface area (Å²) in [6.07, 6.45) is 0. The summed E-state index contributed by atoms with van der Waals surface area (Å²) in [5, 5.41) is 3.59. The Bertz CT molecular complexity index is 2580. The molecule has 0 fully saturated rings. The average molecular weight is 1080 g/mol. The minimum Gasteiger partial charge on any atom is -0.357 e. The van der Waals surface area contributed by atoms with Gasteiger partial charge >= 0.3 is 19.5 Å². The van der Waals surface area contributed by atoms with Crippen LogP contribution in [0.5, 0.6) is 0 Å². The van der Waals surface area contributed by atoms with E-state index in [1.54, 1.807) is 0 Å². The van der Waals surface area contributed by atoms with E-state index in [2.05, 4.69) is 139 Å². The zero-order valence-corrected chi connectivity index (χ0v) is 34.3. The molecule has 0 amide bonds. The van der Waals surface area contributed by atoms with Crippen molar-refractivity contribution < 1.29 is 19.5 Å². The van der Waals surface area contributed by atoms with Crippen LogP contribution >= 0.6 is 90.4 Å². The van der Waals surface area contributed by atoms with Gasteiger partial charge in [0, 0.05) is 59.1 Å². The van der Waals surface area contributed by atoms with Crippen LogP contribution in [-0.4, -0.2) is 29.9 Å². The van der Waals surface area contributed by atoms with Crippen LogP contribution in [0.2, 0.25) is 0 Å². The van der Waals surface area contributed by atoms with Gasteiger partial charge in [-0.2, -0.15) is 0 Å². The topological polar surface area (TPSA) is 106 Å². The average Bonchev–Trinajstić information content (AvgIpc) is 3.71. The van der Waals surface area contributed by atoms with Crippen molar-refractivity contribution >= 4 is 134 Å². The number of benzene rings is 4. The van der Waals surface area contributed by atoms with E-state index in [4.69, 9.17) is 39.9 Å². The van der Waals surface area contributed by atoms with Gasteiger partial charge in [-0.3, -0.25) is 0 Å². The number of hydrogen-bond acceptors (Lipinski definition) is 6. The van der Waals surface area contributed by atoms with Crippen LogP contribution in [0.25, 0.3) is 89.7 Å². The predicted octanol–water partition coefficient (Wildman–Crippen LogP) is 8.54. The Morgan fingerprint density at radius 2 is 0.689 bits per heavy atom. The van der Waals surface area contributed by atoms with E-state index in [9.17, 15) is 0 Å². The molecule has 0 aliphatic carbocycles. The SMILES string of the molecule is Ic1ccc2c(c1)-c1nc-2nc2[n-]c(nc3nc(nc4[n-]c(n1)c1ccc(I)cc41)-c1cc(I)ccc1-3)c1cc(I)ccc21.[Zn+2]. The standard InChI is InChI=1S/C32H12I4N8.Zn/c33-13-1-5-17-21(9-13)29-38-25(17)37-26-18-6-2-14(34)10-22(18)30(39-26)41-28-20-8-4-16(36)12-24(20)32(43-28)44-31-23-11-15(35)3-7-19(23)27(40-29)42-31;/h1-12H;/q-2;+2. The fourth-order valence-corrected chi connectivity index (χ4v) is 7.52. The van der Waals surface area contributed by atoms with Crippen LogP contribution in [0.15, 0.2) is 72.8 Å². The Hall–Kier alpha value is -2.22. The third-order valence-corrected chi connectivity index (χ3v) is 10.2. The molecule has 0 N–H and O–H groups in total. The fraction of sp³-hybridized carbons (Fsp3) is 0. The van der Waals surface area contributed by atoms with Crippen LogP contribution in [0.4, 0.5) is 0 Å². The van der Waals surface area contributed by atoms with Gasteiger partial charge in [0.05, 0.1) is 23.3 Å². The van der Waals surface area contributed by atoms with E-state index < -0.39 is 0 Å². The number of rotatable bonds is 0. The predicted molar refractivity (Wildman–Crippen MR) is 205 cm³/mol. The number of hydrogen-bond donors (Lipinski definition) is 0. The quantitative estimate of drug-likeness (QED) is 0.110. The van der Waals surface area contributed by atoms with Gasteiger partial charge in [-0.1, -0.05) is 24.3 Å². The third-order valence-electron chi connectivity index (χ3n) is 7.55. The zero-order chi connectivity index (χ0) is 29.7. The molecule has 5 heterocycles. The molecule has 9 rings (SSSR count). The van der Waals surface area contributed by atoms with Gasteiger partial charge in [0.2, 0.25) is 0 Å². The van der Waals surface area contributed by atoms with Gasteiger partial charge in [0.1, 0.15) is 0 Å². The van der Waals surface area contributed by atoms with Gasteiger partial charge in [0.15, 0.2) is 0 Å². The maximum Gasteiger partial charge on any atom is 2.00 e. The largest absolute Gasteiger partial charge is 2.00 e. The molecule has 0 spiro atoms. The van der Waals surface area contributed by atoms with Crippen LogP contribution in [0, 0.1) is 14.3 Å². The van der Waals surface area contributed by atoms with Gasteiger partial charge in [0.25, 0.3) is 0 Å². The van der Waals surface area contributed by atoms with Crippen molar-refractivity contribution in [3.8, 4) is 45.6 Å². The van der Waals surface area contributed by atoms with Gasteiger partial charge in [-0.05, 0) is 160 Å². The van der Waals surface area contributed by atoms with Crippen molar-refractivity contribution in [1.29, 1.82) is 0 Å². The Kier molecular flexibility index (Phi) is 7.69. The molecule has 8 bridgehead atoms. The van der Waals surface area contributed by atoms with E-state index in [1.807, 2.05) is 24.3 Å². The molecular formula is C32H12I4N8Zn. The summed E-state index contributed by atoms with van der Waals surface area (Å²) in [4.78, 5) is 40.0. The molecule has 45 heavy (non-hydrogen) atoms. The molecule has 3 aromatic heterocycles. The van der Waals surface area contributed by atoms with Crippen molar-refractivity contribution in [3.05, 3.63) is 87.1 Å². The summed E-state index contributed by atoms with van der Waals surface area (Å²) in [5.74, 6) is 2.21. The second-order valence-corrected chi connectivity index (χ2v) is 15.2. The molecular weight excluding hydrogens is 1070 g/mol. The summed E-state index contributed by atoms with van der Waals surface area (Å²) in [6.45, 7) is 0. The molecule has 8 nitrogen and oxygen atoms in total. The fourth-order valence-electron chi connectivity index (χ4n) is 5.55. The number of fused-ring (bicyclic) bond motifs is 20. The van der Waals surface area contributed by atoms with Gasteiger partial charge in [-0.15, -0.1) is 0 Å². The van der Waals surface area contributed by atoms with Gasteiger partial charge < -0.3 is 29.9 Å². The summed E-state index contributed by atoms with van der Waals surface area (Å²) in [5.41, 5.74) is 5.80. The molecule has 210 valence electrons. The van der Waals surface area contributed by atoms with Crippen molar-refractivity contribution in [1.82, 2.24) is 39.9 Å². The molecule has 2 aliphatic heterocycles. The van der Waals surface area contributed by atoms with Crippen molar-refractivity contribution in [2.75, 3.05) is 0 Å². The van der Waals surface area contributed by atoms with Crippen LogP contribution < -0.4 is 9.97 Å². The molecule has 0 saturated heterocycles. The first-order chi connectivity index (χ1) is 21.4. The minimum atomic E-state index is 0. The minimum absolute atomic E-state index is 0. The molecule has 13 heteroatoms. The third kappa shape index (κ3) is 5.11. The van der Waals surface area contributed by atoms with Crippen molar-refractivity contribution in [2.45, 2.75) is 0 Å². The van der Waals surface area contributed by atoms with Crippen molar-refractivity contribution in [3.63, 3.8) is 0 Å². The number of nitrogens with zero attached hydrogens (tertiary/aromatic N) is 8. The van der Waals surface area contributed by atoms with E-state index >= 15 is 0 Å². The first kappa shape index (κ1) is 30.1.